The molecule has 0 aliphatic rings. The molecule has 0 aliphatic heterocycles. The molecule has 0 saturated carbocycles. The normalized spacial score (nSPS) is 10.4. The molecule has 0 atom stereocenters. The summed E-state index contributed by atoms with van der Waals surface area (Å²) in [6.07, 6.45) is 0. The molecule has 90 valence electrons. The summed E-state index contributed by atoms with van der Waals surface area (Å²) in [5, 5.41) is 19.0. The molecule has 0 saturated heterocycles. The second kappa shape index (κ2) is 9.50. The van der Waals surface area contributed by atoms with Gasteiger partial charge in [-0.1, -0.05) is 0 Å². The molecule has 0 rings (SSSR count). The van der Waals surface area contributed by atoms with Gasteiger partial charge in [0.15, 0.2) is 0 Å². The Bertz CT molecular complexity index is 228. The quantitative estimate of drug-likeness (QED) is 0.214. The molecular weight excluding hydrogens is 296 g/mol. The number of hydrogen-bond donors (Lipinski definition) is 6. The second-order valence-electron chi connectivity index (χ2n) is 1.04. The van der Waals surface area contributed by atoms with Gasteiger partial charge in [-0.15, -0.1) is 0 Å². The van der Waals surface area contributed by atoms with Gasteiger partial charge >= 0.3 is 59.1 Å². The van der Waals surface area contributed by atoms with Crippen molar-refractivity contribution in [1.82, 2.24) is 0 Å². The second-order valence-corrected chi connectivity index (χ2v) is 3.84. The molecule has 0 amide bonds. The monoisotopic (exact) mass is 302 g/mol. The van der Waals surface area contributed by atoms with Crippen molar-refractivity contribution in [2.45, 2.75) is 0 Å². The molecule has 12 nitrogen and oxygen atoms in total. The maximum atomic E-state index is 8.82. The van der Waals surface area contributed by atoms with E-state index in [2.05, 4.69) is 10.1 Å². The molecule has 0 heterocycles. The maximum absolute atomic E-state index is 8.82. The molecule has 14 heavy (non-hydrogen) atoms. The first-order valence-corrected chi connectivity index (χ1v) is 6.29. The fourth-order valence-corrected chi connectivity index (χ4v) is 0. The van der Waals surface area contributed by atoms with Crippen LogP contribution < -0.4 is 0 Å². The van der Waals surface area contributed by atoms with E-state index in [-0.39, 0.29) is 0 Å². The van der Waals surface area contributed by atoms with Crippen LogP contribution in [-0.2, 0) is 52.5 Å². The topological polar surface area (TPSA) is 208 Å². The Morgan fingerprint density at radius 1 is 0.643 bits per heavy atom. The van der Waals surface area contributed by atoms with E-state index in [1.54, 1.807) is 0 Å². The van der Waals surface area contributed by atoms with Crippen molar-refractivity contribution in [3.05, 3.63) is 0 Å². The van der Waals surface area contributed by atoms with E-state index >= 15 is 0 Å². The van der Waals surface area contributed by atoms with E-state index in [9.17, 15) is 0 Å². The summed E-state index contributed by atoms with van der Waals surface area (Å²) in [5.74, 6) is 0. The van der Waals surface area contributed by atoms with Gasteiger partial charge in [0.25, 0.3) is 0 Å². The molecule has 6 N–H and O–H groups in total. The van der Waals surface area contributed by atoms with Crippen molar-refractivity contribution in [3.8, 4) is 0 Å². The summed E-state index contributed by atoms with van der Waals surface area (Å²) < 4.78 is 63.8. The van der Waals surface area contributed by atoms with Crippen LogP contribution in [0.4, 0.5) is 0 Å². The van der Waals surface area contributed by atoms with Crippen LogP contribution in [-0.4, -0.2) is 27.1 Å². The van der Waals surface area contributed by atoms with E-state index in [0.29, 0.717) is 0 Å². The molecule has 0 radical (unpaired) electrons. The average Bonchev–Trinajstić information content (AvgIpc) is 1.79. The fraction of sp³-hybridized carbons (Fsp3) is 0. The zero-order valence-corrected chi connectivity index (χ0v) is 8.50. The van der Waals surface area contributed by atoms with Crippen molar-refractivity contribution in [2.24, 2.45) is 0 Å². The molecule has 0 bridgehead atoms. The standard InChI is InChI=1S/2Cr.H2O4.4H2O.4O/c;;1-3-4-2;;;;;;;;/h;;1-2H;4*1H2;;;;/q2*+2;;;;;;;;;/p-4. The molecule has 0 unspecified atom stereocenters. The predicted octanol–water partition coefficient (Wildman–Crippen LogP) is -2.83. The first-order valence-electron chi connectivity index (χ1n) is 1.93. The van der Waals surface area contributed by atoms with E-state index in [1.165, 1.54) is 0 Å². The van der Waals surface area contributed by atoms with Crippen LogP contribution in [0.25, 0.3) is 0 Å². The minimum atomic E-state index is -5.25. The first-order chi connectivity index (χ1) is 5.91. The van der Waals surface area contributed by atoms with Gasteiger partial charge in [0.05, 0.1) is 0 Å². The van der Waals surface area contributed by atoms with Gasteiger partial charge in [0.1, 0.15) is 0 Å². The van der Waals surface area contributed by atoms with E-state index in [1.807, 2.05) is 0 Å². The third-order valence-electron chi connectivity index (χ3n) is 0.0333. The Balaban J connectivity index is -0.000000131. The number of hydrogen-bond acceptors (Lipinski definition) is 8. The van der Waals surface area contributed by atoms with Gasteiger partial charge in [-0.3, -0.25) is 0 Å². The summed E-state index contributed by atoms with van der Waals surface area (Å²) in [5.41, 5.74) is 0. The van der Waals surface area contributed by atoms with Gasteiger partial charge < -0.3 is 0 Å². The predicted molar refractivity (Wildman–Crippen MR) is 19.0 cm³/mol. The van der Waals surface area contributed by atoms with Crippen LogP contribution in [0, 0.1) is 0 Å². The van der Waals surface area contributed by atoms with Crippen LogP contribution >= 0.6 is 0 Å². The zero-order chi connectivity index (χ0) is 12.4. The SMILES string of the molecule is OOOO.[O]=[Cr](=[O])([OH])[OH].[O]=[Cr](=[O])([OH])[OH]. The Kier molecular flexibility index (Phi) is 13.2. The van der Waals surface area contributed by atoms with Crippen molar-refractivity contribution in [3.63, 3.8) is 0 Å². The van der Waals surface area contributed by atoms with Gasteiger partial charge in [-0.05, 0) is 10.1 Å². The van der Waals surface area contributed by atoms with Crippen LogP contribution in [0.1, 0.15) is 0 Å². The Morgan fingerprint density at radius 2 is 0.714 bits per heavy atom. The fourth-order valence-electron chi connectivity index (χ4n) is 0. The third kappa shape index (κ3) is 1600. The summed E-state index contributed by atoms with van der Waals surface area (Å²) >= 11 is -10.5. The summed E-state index contributed by atoms with van der Waals surface area (Å²) in [7, 11) is 0. The average molecular weight is 302 g/mol. The molecular formula is H6Cr2O12. The third-order valence-corrected chi connectivity index (χ3v) is 0.0333. The summed E-state index contributed by atoms with van der Waals surface area (Å²) in [6.45, 7) is 0. The Hall–Kier alpha value is -0.0551. The van der Waals surface area contributed by atoms with Crippen LogP contribution in [0.3, 0.4) is 0 Å². The van der Waals surface area contributed by atoms with E-state index < -0.39 is 27.2 Å². The van der Waals surface area contributed by atoms with Gasteiger partial charge in [0, 0.05) is 0 Å². The van der Waals surface area contributed by atoms with Gasteiger partial charge in [0.2, 0.25) is 0 Å². The molecule has 0 aromatic heterocycles. The van der Waals surface area contributed by atoms with Gasteiger partial charge in [-0.25, -0.2) is 10.5 Å². The Morgan fingerprint density at radius 3 is 0.714 bits per heavy atom. The molecule has 0 aliphatic carbocycles. The van der Waals surface area contributed by atoms with E-state index in [4.69, 9.17) is 42.4 Å². The van der Waals surface area contributed by atoms with Crippen LogP contribution in [0.15, 0.2) is 0 Å². The minimum absolute atomic E-state index is 2.60. The molecule has 0 aromatic carbocycles. The van der Waals surface area contributed by atoms with Crippen molar-refractivity contribution in [1.29, 1.82) is 0 Å². The van der Waals surface area contributed by atoms with Crippen molar-refractivity contribution < 1.29 is 79.7 Å². The van der Waals surface area contributed by atoms with Gasteiger partial charge in [-0.2, -0.15) is 0 Å². The summed E-state index contributed by atoms with van der Waals surface area (Å²) in [4.78, 5) is 0. The first kappa shape index (κ1) is 19.5. The van der Waals surface area contributed by atoms with Crippen molar-refractivity contribution >= 4 is 0 Å². The van der Waals surface area contributed by atoms with Crippen LogP contribution in [0.5, 0.6) is 0 Å². The van der Waals surface area contributed by atoms with E-state index in [0.717, 1.165) is 0 Å². The number of rotatable bonds is 1. The molecule has 0 fully saturated rings. The zero-order valence-electron chi connectivity index (χ0n) is 5.95. The summed E-state index contributed by atoms with van der Waals surface area (Å²) in [6, 6.07) is 0. The molecule has 0 spiro atoms. The molecule has 14 heteroatoms. The Labute approximate surface area is 80.1 Å². The van der Waals surface area contributed by atoms with Crippen molar-refractivity contribution in [2.75, 3.05) is 0 Å². The van der Waals surface area contributed by atoms with Crippen LogP contribution in [0.2, 0.25) is 0 Å². The molecule has 0 aromatic rings.